The quantitative estimate of drug-likeness (QED) is 0.814. The standard InChI is InChI=1S/C15H30N2O/c1-3-15(18)8-6-10-16-12-14-7-4-5-9-17(14)11-13(16)2/h13-15,18H,3-12H2,1-2H3. The molecule has 1 N–H and O–H groups in total. The second kappa shape index (κ2) is 6.88. The van der Waals surface area contributed by atoms with E-state index in [1.54, 1.807) is 0 Å². The number of aliphatic hydroxyl groups excluding tert-OH is 1. The third kappa shape index (κ3) is 3.69. The zero-order valence-electron chi connectivity index (χ0n) is 12.1. The van der Waals surface area contributed by atoms with Crippen LogP contribution < -0.4 is 0 Å². The van der Waals surface area contributed by atoms with Crippen molar-refractivity contribution < 1.29 is 5.11 Å². The van der Waals surface area contributed by atoms with Crippen molar-refractivity contribution >= 4 is 0 Å². The maximum atomic E-state index is 9.61. The monoisotopic (exact) mass is 254 g/mol. The normalized spacial score (nSPS) is 32.2. The van der Waals surface area contributed by atoms with Crippen LogP contribution in [0.25, 0.3) is 0 Å². The molecule has 2 heterocycles. The highest BCUT2D eigenvalue weighted by Gasteiger charge is 2.32. The molecule has 3 unspecified atom stereocenters. The molecule has 3 nitrogen and oxygen atoms in total. The molecule has 2 saturated heterocycles. The Bertz CT molecular complexity index is 247. The Morgan fingerprint density at radius 3 is 2.89 bits per heavy atom. The Hall–Kier alpha value is -0.120. The van der Waals surface area contributed by atoms with Crippen molar-refractivity contribution in [2.45, 2.75) is 70.6 Å². The molecule has 0 amide bonds. The van der Waals surface area contributed by atoms with E-state index in [0.29, 0.717) is 6.04 Å². The molecule has 0 radical (unpaired) electrons. The van der Waals surface area contributed by atoms with Crippen molar-refractivity contribution in [3.05, 3.63) is 0 Å². The molecule has 106 valence electrons. The van der Waals surface area contributed by atoms with Crippen LogP contribution in [0.2, 0.25) is 0 Å². The van der Waals surface area contributed by atoms with Crippen LogP contribution in [0.15, 0.2) is 0 Å². The van der Waals surface area contributed by atoms with Crippen LogP contribution in [-0.4, -0.2) is 59.3 Å². The third-order valence-electron chi connectivity index (χ3n) is 4.77. The van der Waals surface area contributed by atoms with Crippen molar-refractivity contribution in [2.75, 3.05) is 26.2 Å². The number of fused-ring (bicyclic) bond motifs is 1. The summed E-state index contributed by atoms with van der Waals surface area (Å²) in [6, 6.07) is 1.50. The van der Waals surface area contributed by atoms with Gasteiger partial charge in [0, 0.05) is 25.2 Å². The number of hydrogen-bond acceptors (Lipinski definition) is 3. The van der Waals surface area contributed by atoms with Gasteiger partial charge in [-0.25, -0.2) is 0 Å². The fourth-order valence-electron chi connectivity index (χ4n) is 3.46. The Morgan fingerprint density at radius 2 is 2.11 bits per heavy atom. The van der Waals surface area contributed by atoms with E-state index in [-0.39, 0.29) is 6.10 Å². The number of hydrogen-bond donors (Lipinski definition) is 1. The van der Waals surface area contributed by atoms with E-state index in [1.165, 1.54) is 45.4 Å². The highest BCUT2D eigenvalue weighted by Crippen LogP contribution is 2.24. The summed E-state index contributed by atoms with van der Waals surface area (Å²) < 4.78 is 0. The lowest BCUT2D eigenvalue weighted by molar-refractivity contribution is 0.0128. The van der Waals surface area contributed by atoms with Crippen LogP contribution in [0.3, 0.4) is 0 Å². The van der Waals surface area contributed by atoms with Crippen molar-refractivity contribution in [1.29, 1.82) is 0 Å². The van der Waals surface area contributed by atoms with Crippen LogP contribution in [0.4, 0.5) is 0 Å². The molecule has 2 rings (SSSR count). The zero-order chi connectivity index (χ0) is 13.0. The summed E-state index contributed by atoms with van der Waals surface area (Å²) >= 11 is 0. The van der Waals surface area contributed by atoms with Crippen LogP contribution in [0.5, 0.6) is 0 Å². The minimum absolute atomic E-state index is 0.0868. The summed E-state index contributed by atoms with van der Waals surface area (Å²) in [5, 5.41) is 9.61. The predicted molar refractivity (Wildman–Crippen MR) is 75.8 cm³/mol. The molecule has 3 heteroatoms. The van der Waals surface area contributed by atoms with E-state index in [4.69, 9.17) is 0 Å². The fraction of sp³-hybridized carbons (Fsp3) is 1.00. The van der Waals surface area contributed by atoms with Gasteiger partial charge in [-0.1, -0.05) is 13.3 Å². The van der Waals surface area contributed by atoms with Crippen molar-refractivity contribution in [1.82, 2.24) is 9.80 Å². The molecule has 0 bridgehead atoms. The van der Waals surface area contributed by atoms with Crippen molar-refractivity contribution in [3.8, 4) is 0 Å². The third-order valence-corrected chi connectivity index (χ3v) is 4.77. The van der Waals surface area contributed by atoms with Gasteiger partial charge < -0.3 is 5.11 Å². The Kier molecular flexibility index (Phi) is 5.46. The average molecular weight is 254 g/mol. The number of aliphatic hydroxyl groups is 1. The summed E-state index contributed by atoms with van der Waals surface area (Å²) in [5.74, 6) is 0. The fourth-order valence-corrected chi connectivity index (χ4v) is 3.46. The Labute approximate surface area is 112 Å². The summed E-state index contributed by atoms with van der Waals surface area (Å²) in [6.45, 7) is 9.42. The molecule has 0 aliphatic carbocycles. The largest absolute Gasteiger partial charge is 0.393 e. The first-order valence-corrected chi connectivity index (χ1v) is 7.87. The number of piperazine rings is 1. The molecule has 3 atom stereocenters. The summed E-state index contributed by atoms with van der Waals surface area (Å²) in [5.41, 5.74) is 0. The summed E-state index contributed by atoms with van der Waals surface area (Å²) in [7, 11) is 0. The molecule has 0 spiro atoms. The van der Waals surface area contributed by atoms with Crippen LogP contribution in [-0.2, 0) is 0 Å². The van der Waals surface area contributed by atoms with E-state index < -0.39 is 0 Å². The van der Waals surface area contributed by atoms with Gasteiger partial charge in [0.15, 0.2) is 0 Å². The van der Waals surface area contributed by atoms with Gasteiger partial charge in [-0.3, -0.25) is 9.80 Å². The molecule has 0 aromatic heterocycles. The van der Waals surface area contributed by atoms with Crippen LogP contribution >= 0.6 is 0 Å². The second-order valence-electron chi connectivity index (χ2n) is 6.19. The van der Waals surface area contributed by atoms with E-state index in [0.717, 1.165) is 25.3 Å². The van der Waals surface area contributed by atoms with Crippen molar-refractivity contribution in [3.63, 3.8) is 0 Å². The molecule has 18 heavy (non-hydrogen) atoms. The lowest BCUT2D eigenvalue weighted by Crippen LogP contribution is -2.58. The minimum atomic E-state index is -0.0868. The van der Waals surface area contributed by atoms with Gasteiger partial charge in [-0.15, -0.1) is 0 Å². The molecule has 0 saturated carbocycles. The minimum Gasteiger partial charge on any atom is -0.393 e. The van der Waals surface area contributed by atoms with Gasteiger partial charge in [-0.05, 0) is 52.1 Å². The van der Waals surface area contributed by atoms with Crippen LogP contribution in [0.1, 0.15) is 52.4 Å². The highest BCUT2D eigenvalue weighted by molar-refractivity contribution is 4.88. The maximum absolute atomic E-state index is 9.61. The average Bonchev–Trinajstić information content (AvgIpc) is 2.39. The molecule has 0 aromatic rings. The van der Waals surface area contributed by atoms with Crippen molar-refractivity contribution in [2.24, 2.45) is 0 Å². The first-order valence-electron chi connectivity index (χ1n) is 7.87. The zero-order valence-corrected chi connectivity index (χ0v) is 12.1. The first-order chi connectivity index (χ1) is 8.70. The smallest absolute Gasteiger partial charge is 0.0538 e. The van der Waals surface area contributed by atoms with Gasteiger partial charge in [0.2, 0.25) is 0 Å². The molecule has 0 aromatic carbocycles. The van der Waals surface area contributed by atoms with Gasteiger partial charge in [0.25, 0.3) is 0 Å². The van der Waals surface area contributed by atoms with Gasteiger partial charge in [-0.2, -0.15) is 0 Å². The first kappa shape index (κ1) is 14.3. The lowest BCUT2D eigenvalue weighted by atomic mass is 9.97. The van der Waals surface area contributed by atoms with E-state index in [1.807, 2.05) is 0 Å². The SMILES string of the molecule is CCC(O)CCCN1CC2CCCCN2CC1C. The molecular formula is C15H30N2O. The van der Waals surface area contributed by atoms with E-state index >= 15 is 0 Å². The second-order valence-corrected chi connectivity index (χ2v) is 6.19. The van der Waals surface area contributed by atoms with Gasteiger partial charge in [0.05, 0.1) is 6.10 Å². The number of nitrogens with zero attached hydrogens (tertiary/aromatic N) is 2. The van der Waals surface area contributed by atoms with Gasteiger partial charge in [0.1, 0.15) is 0 Å². The molecular weight excluding hydrogens is 224 g/mol. The predicted octanol–water partition coefficient (Wildman–Crippen LogP) is 2.10. The van der Waals surface area contributed by atoms with E-state index in [9.17, 15) is 5.11 Å². The Balaban J connectivity index is 1.75. The van der Waals surface area contributed by atoms with Crippen LogP contribution in [0, 0.1) is 0 Å². The Morgan fingerprint density at radius 1 is 1.28 bits per heavy atom. The molecule has 2 aliphatic rings. The maximum Gasteiger partial charge on any atom is 0.0538 e. The number of piperidine rings is 1. The number of rotatable bonds is 5. The highest BCUT2D eigenvalue weighted by atomic mass is 16.3. The lowest BCUT2D eigenvalue weighted by Gasteiger charge is -2.47. The topological polar surface area (TPSA) is 26.7 Å². The molecule has 2 aliphatic heterocycles. The van der Waals surface area contributed by atoms with E-state index in [2.05, 4.69) is 23.6 Å². The summed E-state index contributed by atoms with van der Waals surface area (Å²) in [4.78, 5) is 5.35. The molecule has 2 fully saturated rings. The van der Waals surface area contributed by atoms with Gasteiger partial charge >= 0.3 is 0 Å². The summed E-state index contributed by atoms with van der Waals surface area (Å²) in [6.07, 6.45) is 7.12.